The summed E-state index contributed by atoms with van der Waals surface area (Å²) >= 11 is 0. The summed E-state index contributed by atoms with van der Waals surface area (Å²) in [5.74, 6) is -0.295. The van der Waals surface area contributed by atoms with Gasteiger partial charge < -0.3 is 29.9 Å². The molecule has 1 saturated heterocycles. The van der Waals surface area contributed by atoms with Crippen LogP contribution in [0.2, 0.25) is 0 Å². The topological polar surface area (TPSA) is 103 Å². The van der Waals surface area contributed by atoms with E-state index in [1.165, 1.54) is 6.07 Å². The lowest BCUT2D eigenvalue weighted by Gasteiger charge is -2.23. The highest BCUT2D eigenvalue weighted by Crippen LogP contribution is 2.20. The second-order valence-corrected chi connectivity index (χ2v) is 7.68. The number of halogens is 2. The van der Waals surface area contributed by atoms with Crippen molar-refractivity contribution in [3.63, 3.8) is 0 Å². The van der Waals surface area contributed by atoms with Gasteiger partial charge >= 0.3 is 0 Å². The zero-order chi connectivity index (χ0) is 22.1. The molecule has 5 atom stereocenters. The normalized spacial score (nSPS) is 26.4. The molecule has 1 heterocycles. The second-order valence-electron chi connectivity index (χ2n) is 7.68. The van der Waals surface area contributed by atoms with Gasteiger partial charge in [0.1, 0.15) is 18.4 Å². The number of β-amino-alcohol motifs (C(OH)–C–C–N with tert-alkyl or cyclic N) is 2. The molecule has 0 saturated carbocycles. The van der Waals surface area contributed by atoms with Crippen LogP contribution in [0, 0.1) is 5.82 Å². The molecule has 0 aromatic heterocycles. The fourth-order valence-electron chi connectivity index (χ4n) is 3.45. The SMILES string of the molecule is CCOc1cc(COC[C@H](F)CCCCN2C[C@H](O)[C@@H](O)[C@H](O)[C@@H](O)C2)ccc1F. The third kappa shape index (κ3) is 7.72. The number of ether oxygens (including phenoxy) is 2. The van der Waals surface area contributed by atoms with Crippen LogP contribution in [0.25, 0.3) is 0 Å². The average molecular weight is 433 g/mol. The Bertz CT molecular complexity index is 622. The van der Waals surface area contributed by atoms with E-state index >= 15 is 0 Å². The minimum atomic E-state index is -1.39. The zero-order valence-corrected chi connectivity index (χ0v) is 17.3. The second kappa shape index (κ2) is 12.5. The first-order chi connectivity index (χ1) is 14.3. The number of unbranched alkanes of at least 4 members (excludes halogenated alkanes) is 1. The van der Waals surface area contributed by atoms with E-state index in [1.54, 1.807) is 24.0 Å². The molecule has 0 amide bonds. The Morgan fingerprint density at radius 3 is 2.40 bits per heavy atom. The molecule has 0 radical (unpaired) electrons. The number of nitrogens with zero attached hydrogens (tertiary/aromatic N) is 1. The van der Waals surface area contributed by atoms with Gasteiger partial charge in [0.05, 0.1) is 32.0 Å². The third-order valence-electron chi connectivity index (χ3n) is 5.13. The van der Waals surface area contributed by atoms with Gasteiger partial charge in [0.25, 0.3) is 0 Å². The van der Waals surface area contributed by atoms with Crippen molar-refractivity contribution in [1.82, 2.24) is 4.90 Å². The lowest BCUT2D eigenvalue weighted by Crippen LogP contribution is -2.43. The van der Waals surface area contributed by atoms with Crippen LogP contribution < -0.4 is 4.74 Å². The van der Waals surface area contributed by atoms with Gasteiger partial charge in [-0.2, -0.15) is 0 Å². The zero-order valence-electron chi connectivity index (χ0n) is 17.3. The molecule has 0 aliphatic carbocycles. The molecule has 4 N–H and O–H groups in total. The summed E-state index contributed by atoms with van der Waals surface area (Å²) in [6, 6.07) is 4.41. The fourth-order valence-corrected chi connectivity index (χ4v) is 3.45. The summed E-state index contributed by atoms with van der Waals surface area (Å²) < 4.78 is 38.2. The molecule has 172 valence electrons. The molecule has 1 aromatic carbocycles. The Morgan fingerprint density at radius 1 is 1.10 bits per heavy atom. The smallest absolute Gasteiger partial charge is 0.165 e. The van der Waals surface area contributed by atoms with E-state index < -0.39 is 36.4 Å². The van der Waals surface area contributed by atoms with E-state index in [1.807, 2.05) is 0 Å². The van der Waals surface area contributed by atoms with Crippen molar-refractivity contribution in [2.75, 3.05) is 32.8 Å². The van der Waals surface area contributed by atoms with E-state index in [9.17, 15) is 29.2 Å². The third-order valence-corrected chi connectivity index (χ3v) is 5.13. The Morgan fingerprint density at radius 2 is 1.77 bits per heavy atom. The van der Waals surface area contributed by atoms with E-state index in [4.69, 9.17) is 9.47 Å². The molecule has 0 unspecified atom stereocenters. The maximum Gasteiger partial charge on any atom is 0.165 e. The molecular weight excluding hydrogens is 400 g/mol. The fraction of sp³-hybridized carbons (Fsp3) is 0.714. The van der Waals surface area contributed by atoms with Crippen LogP contribution in [-0.2, 0) is 11.3 Å². The summed E-state index contributed by atoms with van der Waals surface area (Å²) in [4.78, 5) is 1.75. The quantitative estimate of drug-likeness (QED) is 0.386. The Labute approximate surface area is 175 Å². The summed E-state index contributed by atoms with van der Waals surface area (Å²) in [7, 11) is 0. The van der Waals surface area contributed by atoms with Crippen molar-refractivity contribution in [3.05, 3.63) is 29.6 Å². The minimum absolute atomic E-state index is 0.0686. The molecule has 2 rings (SSSR count). The summed E-state index contributed by atoms with van der Waals surface area (Å²) in [6.07, 6.45) is -4.67. The van der Waals surface area contributed by atoms with Crippen LogP contribution in [0.15, 0.2) is 18.2 Å². The molecule has 1 aliphatic heterocycles. The molecule has 1 fully saturated rings. The Balaban J connectivity index is 1.63. The number of hydrogen-bond acceptors (Lipinski definition) is 7. The molecule has 7 nitrogen and oxygen atoms in total. The summed E-state index contributed by atoms with van der Waals surface area (Å²) in [5, 5.41) is 39.1. The van der Waals surface area contributed by atoms with Gasteiger partial charge in [-0.25, -0.2) is 8.78 Å². The van der Waals surface area contributed by atoms with Crippen LogP contribution in [0.1, 0.15) is 31.7 Å². The van der Waals surface area contributed by atoms with Gasteiger partial charge in [-0.05, 0) is 50.4 Å². The number of benzene rings is 1. The molecular formula is C21H33F2NO6. The lowest BCUT2D eigenvalue weighted by molar-refractivity contribution is -0.0894. The largest absolute Gasteiger partial charge is 0.491 e. The van der Waals surface area contributed by atoms with E-state index in [-0.39, 0.29) is 32.1 Å². The molecule has 9 heteroatoms. The molecule has 1 aromatic rings. The summed E-state index contributed by atoms with van der Waals surface area (Å²) in [5.41, 5.74) is 0.703. The van der Waals surface area contributed by atoms with Crippen LogP contribution in [0.3, 0.4) is 0 Å². The van der Waals surface area contributed by atoms with Crippen LogP contribution in [-0.4, -0.2) is 88.8 Å². The molecule has 0 spiro atoms. The average Bonchev–Trinajstić information content (AvgIpc) is 2.80. The van der Waals surface area contributed by atoms with Crippen molar-refractivity contribution in [2.45, 2.75) is 63.4 Å². The van der Waals surface area contributed by atoms with Gasteiger partial charge in [-0.1, -0.05) is 6.07 Å². The van der Waals surface area contributed by atoms with Crippen molar-refractivity contribution < 1.29 is 38.7 Å². The monoisotopic (exact) mass is 433 g/mol. The predicted octanol–water partition coefficient (Wildman–Crippen LogP) is 1.01. The van der Waals surface area contributed by atoms with Crippen molar-refractivity contribution in [3.8, 4) is 5.75 Å². The van der Waals surface area contributed by atoms with Crippen LogP contribution in [0.4, 0.5) is 8.78 Å². The highest BCUT2D eigenvalue weighted by Gasteiger charge is 2.35. The maximum absolute atomic E-state index is 14.1. The number of rotatable bonds is 11. The highest BCUT2D eigenvalue weighted by molar-refractivity contribution is 5.29. The number of alkyl halides is 1. The first-order valence-electron chi connectivity index (χ1n) is 10.4. The molecule has 1 aliphatic rings. The Hall–Kier alpha value is -1.36. The van der Waals surface area contributed by atoms with Gasteiger partial charge in [-0.15, -0.1) is 0 Å². The number of aliphatic hydroxyl groups is 4. The number of likely N-dealkylation sites (tertiary alicyclic amines) is 1. The summed E-state index contributed by atoms with van der Waals surface area (Å²) in [6.45, 7) is 2.99. The van der Waals surface area contributed by atoms with Crippen molar-refractivity contribution in [2.24, 2.45) is 0 Å². The first-order valence-corrected chi connectivity index (χ1v) is 10.4. The van der Waals surface area contributed by atoms with Gasteiger partial charge in [-0.3, -0.25) is 4.90 Å². The van der Waals surface area contributed by atoms with Crippen LogP contribution >= 0.6 is 0 Å². The number of hydrogen-bond donors (Lipinski definition) is 4. The predicted molar refractivity (Wildman–Crippen MR) is 106 cm³/mol. The molecule has 0 bridgehead atoms. The first kappa shape index (κ1) is 24.9. The van der Waals surface area contributed by atoms with Crippen molar-refractivity contribution >= 4 is 0 Å². The number of aliphatic hydroxyl groups excluding tert-OH is 4. The molecule has 30 heavy (non-hydrogen) atoms. The van der Waals surface area contributed by atoms with Gasteiger partial charge in [0.15, 0.2) is 11.6 Å². The van der Waals surface area contributed by atoms with Gasteiger partial charge in [0, 0.05) is 13.1 Å². The van der Waals surface area contributed by atoms with Crippen LogP contribution in [0.5, 0.6) is 5.75 Å². The lowest BCUT2D eigenvalue weighted by atomic mass is 10.1. The maximum atomic E-state index is 14.1. The van der Waals surface area contributed by atoms with E-state index in [0.29, 0.717) is 38.0 Å². The van der Waals surface area contributed by atoms with Gasteiger partial charge in [0.2, 0.25) is 0 Å². The van der Waals surface area contributed by atoms with Crippen molar-refractivity contribution in [1.29, 1.82) is 0 Å². The Kier molecular flexibility index (Phi) is 10.4. The van der Waals surface area contributed by atoms with E-state index in [0.717, 1.165) is 0 Å². The van der Waals surface area contributed by atoms with E-state index in [2.05, 4.69) is 0 Å². The highest BCUT2D eigenvalue weighted by atomic mass is 19.1. The standard InChI is InChI=1S/C21H33F2NO6/c1-2-30-19-9-14(6-7-16(19)23)12-29-13-15(22)5-3-4-8-24-10-17(25)20(27)21(28)18(26)11-24/h6-7,9,15,17-18,20-21,25-28H,2-5,8,10-13H2,1H3/t15-,17+,18+,20-,21-/m1/s1. The minimum Gasteiger partial charge on any atom is -0.491 e.